The highest BCUT2D eigenvalue weighted by molar-refractivity contribution is 7.90. The third kappa shape index (κ3) is 4.92. The topological polar surface area (TPSA) is 82.6 Å². The highest BCUT2D eigenvalue weighted by atomic mass is 32.2. The van der Waals surface area contributed by atoms with Gasteiger partial charge < -0.3 is 9.47 Å². The molecule has 2 rings (SSSR count). The molecule has 0 aliphatic heterocycles. The first-order chi connectivity index (χ1) is 11.9. The normalized spacial score (nSPS) is 11.5. The fourth-order valence-electron chi connectivity index (χ4n) is 2.44. The quantitative estimate of drug-likeness (QED) is 0.527. The maximum absolute atomic E-state index is 12.5. The molecule has 0 aliphatic carbocycles. The molecule has 0 saturated carbocycles. The van der Waals surface area contributed by atoms with Crippen molar-refractivity contribution in [2.75, 3.05) is 20.0 Å². The number of hydrogen-bond donors (Lipinski definition) is 0. The van der Waals surface area contributed by atoms with Gasteiger partial charge in [0, 0.05) is 11.6 Å². The molecule has 0 spiro atoms. The van der Waals surface area contributed by atoms with Gasteiger partial charge in [-0.3, -0.25) is 0 Å². The van der Waals surface area contributed by atoms with Crippen LogP contribution in [0.25, 0.3) is 10.9 Å². The largest absolute Gasteiger partial charge is 0.497 e. The van der Waals surface area contributed by atoms with Gasteiger partial charge in [0.1, 0.15) is 5.75 Å². The van der Waals surface area contributed by atoms with Gasteiger partial charge in [-0.2, -0.15) is 0 Å². The van der Waals surface area contributed by atoms with Crippen LogP contribution < -0.4 is 4.74 Å². The van der Waals surface area contributed by atoms with Gasteiger partial charge >= 0.3 is 5.97 Å². The van der Waals surface area contributed by atoms with Crippen molar-refractivity contribution in [3.05, 3.63) is 29.8 Å². The van der Waals surface area contributed by atoms with Gasteiger partial charge in [-0.1, -0.05) is 26.2 Å². The summed E-state index contributed by atoms with van der Waals surface area (Å²) >= 11 is 0. The molecule has 0 aliphatic rings. The Morgan fingerprint density at radius 2 is 1.92 bits per heavy atom. The Bertz CT molecular complexity index is 861. The molecule has 0 N–H and O–H groups in total. The molecule has 1 aromatic carbocycles. The molecule has 0 radical (unpaired) electrons. The fraction of sp³-hybridized carbons (Fsp3) is 0.444. The number of pyridine rings is 1. The van der Waals surface area contributed by atoms with E-state index in [4.69, 9.17) is 9.47 Å². The Hall–Kier alpha value is -2.15. The van der Waals surface area contributed by atoms with Gasteiger partial charge in [0.05, 0.1) is 24.8 Å². The highest BCUT2D eigenvalue weighted by Gasteiger charge is 2.19. The number of esters is 1. The van der Waals surface area contributed by atoms with Crippen LogP contribution in [0, 0.1) is 0 Å². The van der Waals surface area contributed by atoms with Gasteiger partial charge in [0.25, 0.3) is 0 Å². The van der Waals surface area contributed by atoms with E-state index in [1.54, 1.807) is 18.2 Å². The number of hydrogen-bond acceptors (Lipinski definition) is 6. The van der Waals surface area contributed by atoms with Gasteiger partial charge in [0.15, 0.2) is 14.9 Å². The highest BCUT2D eigenvalue weighted by Crippen LogP contribution is 2.26. The molecule has 136 valence electrons. The van der Waals surface area contributed by atoms with Crippen molar-refractivity contribution in [3.8, 4) is 5.75 Å². The number of methoxy groups -OCH3 is 1. The van der Waals surface area contributed by atoms with E-state index in [-0.39, 0.29) is 10.6 Å². The zero-order valence-electron chi connectivity index (χ0n) is 14.7. The van der Waals surface area contributed by atoms with Crippen molar-refractivity contribution in [2.24, 2.45) is 0 Å². The summed E-state index contributed by atoms with van der Waals surface area (Å²) in [7, 11) is -2.03. The predicted molar refractivity (Wildman–Crippen MR) is 95.8 cm³/mol. The molecular weight excluding hydrogens is 342 g/mol. The molecule has 25 heavy (non-hydrogen) atoms. The van der Waals surface area contributed by atoms with Crippen LogP contribution in [0.1, 0.15) is 43.0 Å². The van der Waals surface area contributed by atoms with E-state index in [2.05, 4.69) is 11.9 Å². The van der Waals surface area contributed by atoms with Crippen LogP contribution in [-0.2, 0) is 14.6 Å². The summed E-state index contributed by atoms with van der Waals surface area (Å²) in [4.78, 5) is 16.6. The molecule has 1 heterocycles. The summed E-state index contributed by atoms with van der Waals surface area (Å²) in [5, 5.41) is 0.355. The summed E-state index contributed by atoms with van der Waals surface area (Å²) in [6.07, 6.45) is 5.02. The van der Waals surface area contributed by atoms with Crippen molar-refractivity contribution in [2.45, 2.75) is 37.6 Å². The number of nitrogens with zero attached hydrogens (tertiary/aromatic N) is 1. The van der Waals surface area contributed by atoms with Crippen LogP contribution in [0.5, 0.6) is 5.75 Å². The Kier molecular flexibility index (Phi) is 6.36. The number of fused-ring (bicyclic) bond motifs is 1. The first-order valence-electron chi connectivity index (χ1n) is 8.22. The van der Waals surface area contributed by atoms with Crippen LogP contribution in [0.15, 0.2) is 29.3 Å². The number of benzene rings is 1. The summed E-state index contributed by atoms with van der Waals surface area (Å²) < 4.78 is 34.2. The van der Waals surface area contributed by atoms with E-state index < -0.39 is 15.8 Å². The zero-order chi connectivity index (χ0) is 18.4. The van der Waals surface area contributed by atoms with Crippen LogP contribution in [-0.4, -0.2) is 39.3 Å². The van der Waals surface area contributed by atoms with Gasteiger partial charge in [-0.25, -0.2) is 18.2 Å². The number of ether oxygens (including phenoxy) is 2. The maximum atomic E-state index is 12.5. The second-order valence-electron chi connectivity index (χ2n) is 5.86. The minimum Gasteiger partial charge on any atom is -0.497 e. The minimum atomic E-state index is -3.55. The molecule has 0 unspecified atom stereocenters. The van der Waals surface area contributed by atoms with Gasteiger partial charge in [-0.15, -0.1) is 0 Å². The predicted octanol–water partition coefficient (Wildman–Crippen LogP) is 3.38. The molecule has 6 nitrogen and oxygen atoms in total. The van der Waals surface area contributed by atoms with Crippen molar-refractivity contribution < 1.29 is 22.7 Å². The summed E-state index contributed by atoms with van der Waals surface area (Å²) in [6, 6.07) is 6.22. The lowest BCUT2D eigenvalue weighted by atomic mass is 10.1. The van der Waals surface area contributed by atoms with E-state index in [0.29, 0.717) is 23.3 Å². The number of aromatic nitrogens is 1. The van der Waals surface area contributed by atoms with Crippen molar-refractivity contribution in [3.63, 3.8) is 0 Å². The van der Waals surface area contributed by atoms with E-state index in [9.17, 15) is 13.2 Å². The lowest BCUT2D eigenvalue weighted by Crippen LogP contribution is -2.10. The number of rotatable bonds is 8. The molecular formula is C18H23NO5S. The molecule has 0 fully saturated rings. The summed E-state index contributed by atoms with van der Waals surface area (Å²) in [6.45, 7) is 2.41. The fourth-order valence-corrected chi connectivity index (χ4v) is 3.03. The minimum absolute atomic E-state index is 0.150. The third-order valence-corrected chi connectivity index (χ3v) is 4.79. The molecule has 0 amide bonds. The molecule has 0 bridgehead atoms. The second kappa shape index (κ2) is 8.29. The third-order valence-electron chi connectivity index (χ3n) is 3.82. The Morgan fingerprint density at radius 3 is 2.56 bits per heavy atom. The average molecular weight is 365 g/mol. The number of carbonyl (C=O) groups is 1. The van der Waals surface area contributed by atoms with E-state index in [1.165, 1.54) is 13.2 Å². The maximum Gasteiger partial charge on any atom is 0.338 e. The van der Waals surface area contributed by atoms with E-state index >= 15 is 0 Å². The van der Waals surface area contributed by atoms with Crippen molar-refractivity contribution >= 4 is 26.7 Å². The summed E-state index contributed by atoms with van der Waals surface area (Å²) in [5.41, 5.74) is 0.585. The van der Waals surface area contributed by atoms with Crippen LogP contribution in [0.3, 0.4) is 0 Å². The molecule has 1 aromatic heterocycles. The van der Waals surface area contributed by atoms with Crippen LogP contribution >= 0.6 is 0 Å². The number of carbonyl (C=O) groups excluding carboxylic acids is 1. The Labute approximate surface area is 148 Å². The number of sulfone groups is 1. The van der Waals surface area contributed by atoms with Crippen LogP contribution in [0.4, 0.5) is 0 Å². The van der Waals surface area contributed by atoms with Crippen molar-refractivity contribution in [1.29, 1.82) is 0 Å². The smallest absolute Gasteiger partial charge is 0.338 e. The summed E-state index contributed by atoms with van der Waals surface area (Å²) in [5.74, 6) is 0.000419. The Morgan fingerprint density at radius 1 is 1.16 bits per heavy atom. The van der Waals surface area contributed by atoms with E-state index in [0.717, 1.165) is 31.9 Å². The van der Waals surface area contributed by atoms with E-state index in [1.807, 2.05) is 0 Å². The van der Waals surface area contributed by atoms with Crippen molar-refractivity contribution in [1.82, 2.24) is 4.98 Å². The lowest BCUT2D eigenvalue weighted by molar-refractivity contribution is 0.0499. The average Bonchev–Trinajstić information content (AvgIpc) is 2.59. The standard InChI is InChI=1S/C18H23NO5S/c1-4-5-6-7-10-24-18(20)15-12-17(25(3,21)22)19-16-9-8-13(23-2)11-14(15)16/h8-9,11-12H,4-7,10H2,1-3H3. The molecule has 7 heteroatoms. The lowest BCUT2D eigenvalue weighted by Gasteiger charge is -2.10. The Balaban J connectivity index is 2.38. The van der Waals surface area contributed by atoms with Gasteiger partial charge in [-0.05, 0) is 30.7 Å². The SMILES string of the molecule is CCCCCCOC(=O)c1cc(S(C)(=O)=O)nc2ccc(OC)cc12. The van der Waals surface area contributed by atoms with Crippen LogP contribution in [0.2, 0.25) is 0 Å². The number of unbranched alkanes of at least 4 members (excludes halogenated alkanes) is 3. The molecule has 0 saturated heterocycles. The van der Waals surface area contributed by atoms with Gasteiger partial charge in [0.2, 0.25) is 0 Å². The first-order valence-corrected chi connectivity index (χ1v) is 10.1. The molecule has 0 atom stereocenters. The zero-order valence-corrected chi connectivity index (χ0v) is 15.6. The second-order valence-corrected chi connectivity index (χ2v) is 7.82. The molecule has 2 aromatic rings. The first kappa shape index (κ1) is 19.2. The monoisotopic (exact) mass is 365 g/mol.